The number of fused-ring (bicyclic) bond motifs is 1. The number of rotatable bonds is 4. The lowest BCUT2D eigenvalue weighted by atomic mass is 10.1. The van der Waals surface area contributed by atoms with Crippen LogP contribution in [0.2, 0.25) is 0 Å². The highest BCUT2D eigenvalue weighted by Gasteiger charge is 2.32. The summed E-state index contributed by atoms with van der Waals surface area (Å²) in [6, 6.07) is 15.6. The average Bonchev–Trinajstić information content (AvgIpc) is 2.90. The summed E-state index contributed by atoms with van der Waals surface area (Å²) in [5.74, 6) is 0.898. The summed E-state index contributed by atoms with van der Waals surface area (Å²) in [6.45, 7) is 4.00. The third-order valence-electron chi connectivity index (χ3n) is 4.29. The van der Waals surface area contributed by atoms with Gasteiger partial charge in [-0.1, -0.05) is 18.2 Å². The number of carbonyl (C=O) groups is 1. The maximum atomic E-state index is 12.9. The lowest BCUT2D eigenvalue weighted by Gasteiger charge is -2.27. The monoisotopic (exact) mass is 310 g/mol. The molecule has 0 bridgehead atoms. The number of hydrogen-bond donors (Lipinski definition) is 1. The Morgan fingerprint density at radius 2 is 1.91 bits per heavy atom. The molecule has 3 rings (SSSR count). The molecule has 2 atom stereocenters. The van der Waals surface area contributed by atoms with E-state index in [-0.39, 0.29) is 18.0 Å². The zero-order chi connectivity index (χ0) is 16.4. The Morgan fingerprint density at radius 3 is 2.61 bits per heavy atom. The van der Waals surface area contributed by atoms with E-state index < -0.39 is 0 Å². The van der Waals surface area contributed by atoms with Crippen LogP contribution in [0, 0.1) is 0 Å². The molecule has 1 heterocycles. The highest BCUT2D eigenvalue weighted by Crippen LogP contribution is 2.32. The van der Waals surface area contributed by atoms with E-state index in [2.05, 4.69) is 18.3 Å². The zero-order valence-corrected chi connectivity index (χ0v) is 13.7. The second-order valence-corrected chi connectivity index (χ2v) is 5.98. The molecule has 0 aromatic heterocycles. The average molecular weight is 310 g/mol. The maximum Gasteiger partial charge on any atom is 0.249 e. The van der Waals surface area contributed by atoms with Gasteiger partial charge in [-0.25, -0.2) is 0 Å². The van der Waals surface area contributed by atoms with Crippen molar-refractivity contribution in [2.24, 2.45) is 0 Å². The van der Waals surface area contributed by atoms with Crippen molar-refractivity contribution in [2.45, 2.75) is 32.4 Å². The highest BCUT2D eigenvalue weighted by molar-refractivity contribution is 6.00. The molecule has 1 N–H and O–H groups in total. The van der Waals surface area contributed by atoms with E-state index in [1.165, 1.54) is 5.56 Å². The molecule has 4 nitrogen and oxygen atoms in total. The summed E-state index contributed by atoms with van der Waals surface area (Å²) in [4.78, 5) is 14.8. The van der Waals surface area contributed by atoms with Crippen molar-refractivity contribution in [1.29, 1.82) is 0 Å². The third-order valence-corrected chi connectivity index (χ3v) is 4.29. The predicted octanol–water partition coefficient (Wildman–Crippen LogP) is 3.47. The Morgan fingerprint density at radius 1 is 1.22 bits per heavy atom. The largest absolute Gasteiger partial charge is 0.497 e. The molecule has 0 saturated heterocycles. The molecule has 23 heavy (non-hydrogen) atoms. The zero-order valence-electron chi connectivity index (χ0n) is 13.7. The van der Waals surface area contributed by atoms with Crippen LogP contribution in [0.5, 0.6) is 5.75 Å². The molecule has 0 aliphatic carbocycles. The van der Waals surface area contributed by atoms with Gasteiger partial charge in [-0.05, 0) is 56.2 Å². The molecule has 1 aliphatic heterocycles. The topological polar surface area (TPSA) is 41.6 Å². The molecule has 0 fully saturated rings. The number of amides is 1. The molecule has 2 aromatic carbocycles. The van der Waals surface area contributed by atoms with Crippen LogP contribution in [-0.4, -0.2) is 25.1 Å². The van der Waals surface area contributed by atoms with Crippen LogP contribution < -0.4 is 15.0 Å². The smallest absolute Gasteiger partial charge is 0.249 e. The number of carbonyl (C=O) groups excluding carboxylic acids is 1. The molecule has 120 valence electrons. The first-order valence-corrected chi connectivity index (χ1v) is 7.91. The van der Waals surface area contributed by atoms with Gasteiger partial charge in [0.2, 0.25) is 5.91 Å². The van der Waals surface area contributed by atoms with E-state index in [1.54, 1.807) is 7.11 Å². The van der Waals surface area contributed by atoms with Gasteiger partial charge in [-0.2, -0.15) is 0 Å². The van der Waals surface area contributed by atoms with Gasteiger partial charge in [0, 0.05) is 17.4 Å². The quantitative estimate of drug-likeness (QED) is 0.940. The molecule has 4 heteroatoms. The van der Waals surface area contributed by atoms with Crippen LogP contribution in [0.15, 0.2) is 48.5 Å². The second kappa shape index (κ2) is 6.32. The van der Waals surface area contributed by atoms with Gasteiger partial charge in [0.1, 0.15) is 11.8 Å². The Bertz CT molecular complexity index is 697. The van der Waals surface area contributed by atoms with Crippen molar-refractivity contribution in [3.63, 3.8) is 0 Å². The first kappa shape index (κ1) is 15.4. The van der Waals surface area contributed by atoms with Crippen LogP contribution >= 0.6 is 0 Å². The molecule has 0 unspecified atom stereocenters. The second-order valence-electron chi connectivity index (χ2n) is 5.98. The molecule has 0 spiro atoms. The minimum absolute atomic E-state index is 0.0956. The number of nitrogens with zero attached hydrogens (tertiary/aromatic N) is 1. The lowest BCUT2D eigenvalue weighted by molar-refractivity contribution is -0.119. The molecule has 1 amide bonds. The van der Waals surface area contributed by atoms with Crippen molar-refractivity contribution in [2.75, 3.05) is 17.3 Å². The van der Waals surface area contributed by atoms with Crippen LogP contribution in [0.4, 0.5) is 11.4 Å². The first-order valence-electron chi connectivity index (χ1n) is 7.91. The third kappa shape index (κ3) is 3.02. The number of methoxy groups -OCH3 is 1. The fourth-order valence-corrected chi connectivity index (χ4v) is 3.11. The highest BCUT2D eigenvalue weighted by atomic mass is 16.5. The van der Waals surface area contributed by atoms with E-state index in [1.807, 2.05) is 54.3 Å². The van der Waals surface area contributed by atoms with E-state index in [0.29, 0.717) is 0 Å². The Kier molecular flexibility index (Phi) is 4.24. The van der Waals surface area contributed by atoms with Crippen molar-refractivity contribution in [3.05, 3.63) is 54.1 Å². The Labute approximate surface area is 137 Å². The molecule has 1 aliphatic rings. The minimum atomic E-state index is -0.294. The fourth-order valence-electron chi connectivity index (χ4n) is 3.11. The first-order chi connectivity index (χ1) is 11.1. The number of hydrogen-bond acceptors (Lipinski definition) is 3. The Balaban J connectivity index is 1.74. The van der Waals surface area contributed by atoms with Gasteiger partial charge in [0.15, 0.2) is 0 Å². The van der Waals surface area contributed by atoms with E-state index in [9.17, 15) is 4.79 Å². The normalized spacial score (nSPS) is 17.5. The van der Waals surface area contributed by atoms with Gasteiger partial charge in [-0.15, -0.1) is 0 Å². The number of ether oxygens (including phenoxy) is 1. The lowest BCUT2D eigenvalue weighted by Crippen LogP contribution is -2.44. The van der Waals surface area contributed by atoms with Crippen molar-refractivity contribution in [3.8, 4) is 5.75 Å². The summed E-state index contributed by atoms with van der Waals surface area (Å²) in [5.41, 5.74) is 3.19. The van der Waals surface area contributed by atoms with Crippen LogP contribution in [0.3, 0.4) is 0 Å². The molecule has 2 aromatic rings. The summed E-state index contributed by atoms with van der Waals surface area (Å²) in [6.07, 6.45) is 0.914. The van der Waals surface area contributed by atoms with Gasteiger partial charge in [-0.3, -0.25) is 4.79 Å². The van der Waals surface area contributed by atoms with E-state index in [4.69, 9.17) is 4.74 Å². The number of benzene rings is 2. The number of para-hydroxylation sites is 1. The molecular weight excluding hydrogens is 288 g/mol. The van der Waals surface area contributed by atoms with Crippen LogP contribution in [0.25, 0.3) is 0 Å². The van der Waals surface area contributed by atoms with Crippen molar-refractivity contribution in [1.82, 2.24) is 0 Å². The molecule has 0 radical (unpaired) electrons. The van der Waals surface area contributed by atoms with Gasteiger partial charge >= 0.3 is 0 Å². The van der Waals surface area contributed by atoms with Crippen LogP contribution in [0.1, 0.15) is 19.4 Å². The van der Waals surface area contributed by atoms with Crippen molar-refractivity contribution < 1.29 is 9.53 Å². The number of nitrogens with one attached hydrogen (secondary N) is 1. The van der Waals surface area contributed by atoms with E-state index >= 15 is 0 Å². The van der Waals surface area contributed by atoms with E-state index in [0.717, 1.165) is 23.5 Å². The van der Waals surface area contributed by atoms with Crippen molar-refractivity contribution >= 4 is 17.3 Å². The standard InChI is InChI=1S/C19H22N2O2/c1-13-12-15-6-4-5-7-18(15)21(13)19(22)14(2)20-16-8-10-17(23-3)11-9-16/h4-11,13-14,20H,12H2,1-3H3/t13-,14-/m0/s1. The minimum Gasteiger partial charge on any atom is -0.497 e. The van der Waals surface area contributed by atoms with Gasteiger partial charge in [0.25, 0.3) is 0 Å². The fraction of sp³-hybridized carbons (Fsp3) is 0.316. The summed E-state index contributed by atoms with van der Waals surface area (Å²) in [7, 11) is 1.64. The summed E-state index contributed by atoms with van der Waals surface area (Å²) >= 11 is 0. The Hall–Kier alpha value is -2.49. The summed E-state index contributed by atoms with van der Waals surface area (Å²) in [5, 5.41) is 3.27. The van der Waals surface area contributed by atoms with Crippen LogP contribution in [-0.2, 0) is 11.2 Å². The molecule has 0 saturated carbocycles. The SMILES string of the molecule is COc1ccc(N[C@@H](C)C(=O)N2c3ccccc3C[C@@H]2C)cc1. The van der Waals surface area contributed by atoms with Gasteiger partial charge < -0.3 is 15.0 Å². The summed E-state index contributed by atoms with van der Waals surface area (Å²) < 4.78 is 5.15. The number of anilines is 2. The predicted molar refractivity (Wildman–Crippen MR) is 93.2 cm³/mol. The van der Waals surface area contributed by atoms with Gasteiger partial charge in [0.05, 0.1) is 7.11 Å². The maximum absolute atomic E-state index is 12.9. The molecular formula is C19H22N2O2.